The second-order valence-corrected chi connectivity index (χ2v) is 7.18. The lowest BCUT2D eigenvalue weighted by Gasteiger charge is -2.04. The van der Waals surface area contributed by atoms with Gasteiger partial charge in [0.05, 0.1) is 11.3 Å². The number of aromatic carboxylic acids is 1. The molecular weight excluding hydrogens is 382 g/mol. The summed E-state index contributed by atoms with van der Waals surface area (Å²) in [6.07, 6.45) is 2.35. The first-order valence-electron chi connectivity index (χ1n) is 9.59. The summed E-state index contributed by atoms with van der Waals surface area (Å²) in [4.78, 5) is 15.5. The van der Waals surface area contributed by atoms with E-state index >= 15 is 0 Å². The van der Waals surface area contributed by atoms with Crippen molar-refractivity contribution in [3.63, 3.8) is 0 Å². The zero-order chi connectivity index (χ0) is 21.2. The fourth-order valence-electron chi connectivity index (χ4n) is 2.75. The summed E-state index contributed by atoms with van der Waals surface area (Å²) in [6.45, 7) is 6.06. The highest BCUT2D eigenvalue weighted by Gasteiger charge is 2.05. The highest BCUT2D eigenvalue weighted by atomic mass is 35.5. The maximum Gasteiger partial charge on any atom is 0.335 e. The monoisotopic (exact) mass is 407 g/mol. The lowest BCUT2D eigenvalue weighted by atomic mass is 10.1. The van der Waals surface area contributed by atoms with Gasteiger partial charge < -0.3 is 5.11 Å². The minimum Gasteiger partial charge on any atom is -0.478 e. The Morgan fingerprint density at radius 1 is 0.966 bits per heavy atom. The third-order valence-electron chi connectivity index (χ3n) is 4.38. The highest BCUT2D eigenvalue weighted by molar-refractivity contribution is 6.30. The number of hydrogen-bond acceptors (Lipinski definition) is 2. The number of nitrogens with zero attached hydrogens (tertiary/aromatic N) is 1. The number of rotatable bonds is 5. The van der Waals surface area contributed by atoms with Gasteiger partial charge in [0.25, 0.3) is 0 Å². The van der Waals surface area contributed by atoms with Crippen LogP contribution < -0.4 is 0 Å². The molecule has 0 aliphatic rings. The van der Waals surface area contributed by atoms with Crippen molar-refractivity contribution in [1.82, 2.24) is 0 Å². The molecule has 0 radical (unpaired) electrons. The van der Waals surface area contributed by atoms with E-state index in [-0.39, 0.29) is 5.56 Å². The smallest absolute Gasteiger partial charge is 0.335 e. The molecule has 0 heterocycles. The third kappa shape index (κ3) is 7.20. The number of benzene rings is 3. The van der Waals surface area contributed by atoms with Crippen LogP contribution >= 0.6 is 11.6 Å². The van der Waals surface area contributed by atoms with E-state index in [1.165, 1.54) is 12.0 Å². The molecule has 0 unspecified atom stereocenters. The van der Waals surface area contributed by atoms with Gasteiger partial charge in [-0.1, -0.05) is 67.4 Å². The van der Waals surface area contributed by atoms with Crippen LogP contribution in [0.4, 0.5) is 5.69 Å². The summed E-state index contributed by atoms with van der Waals surface area (Å²) in [7, 11) is 0. The molecule has 0 fully saturated rings. The van der Waals surface area contributed by atoms with Crippen LogP contribution in [0.1, 0.15) is 47.3 Å². The lowest BCUT2D eigenvalue weighted by Crippen LogP contribution is -2.00. The predicted octanol–water partition coefficient (Wildman–Crippen LogP) is 7.13. The SMILES string of the molecule is CC(=Nc1ccccc1C)c1cccc(C(=O)O)c1.CCCc1ccc(Cl)cc1. The summed E-state index contributed by atoms with van der Waals surface area (Å²) in [5.74, 6) is -0.925. The Labute approximate surface area is 177 Å². The number of carboxylic acids is 1. The number of aliphatic imine (C=N–C) groups is 1. The maximum absolute atomic E-state index is 10.9. The van der Waals surface area contributed by atoms with Crippen LogP contribution in [0.5, 0.6) is 0 Å². The number of para-hydroxylation sites is 1. The molecule has 0 saturated carbocycles. The van der Waals surface area contributed by atoms with E-state index in [1.54, 1.807) is 18.2 Å². The van der Waals surface area contributed by atoms with Crippen molar-refractivity contribution in [2.45, 2.75) is 33.6 Å². The number of hydrogen-bond donors (Lipinski definition) is 1. The zero-order valence-electron chi connectivity index (χ0n) is 17.0. The molecule has 3 nitrogen and oxygen atoms in total. The van der Waals surface area contributed by atoms with E-state index in [9.17, 15) is 4.79 Å². The molecule has 0 aliphatic carbocycles. The summed E-state index contributed by atoms with van der Waals surface area (Å²) < 4.78 is 0. The largest absolute Gasteiger partial charge is 0.478 e. The first-order chi connectivity index (χ1) is 13.9. The van der Waals surface area contributed by atoms with Gasteiger partial charge >= 0.3 is 5.97 Å². The van der Waals surface area contributed by atoms with Crippen LogP contribution in [0.2, 0.25) is 5.02 Å². The van der Waals surface area contributed by atoms with Gasteiger partial charge in [0.2, 0.25) is 0 Å². The molecule has 0 bridgehead atoms. The molecule has 4 heteroatoms. The Balaban J connectivity index is 0.000000253. The van der Waals surface area contributed by atoms with E-state index in [4.69, 9.17) is 16.7 Å². The van der Waals surface area contributed by atoms with Gasteiger partial charge in [-0.2, -0.15) is 0 Å². The van der Waals surface area contributed by atoms with Crippen LogP contribution in [-0.4, -0.2) is 16.8 Å². The Bertz CT molecular complexity index is 978. The first-order valence-corrected chi connectivity index (χ1v) is 9.97. The maximum atomic E-state index is 10.9. The molecule has 3 aromatic rings. The number of carbonyl (C=O) groups is 1. The van der Waals surface area contributed by atoms with Crippen molar-refractivity contribution in [2.24, 2.45) is 4.99 Å². The van der Waals surface area contributed by atoms with E-state index in [2.05, 4.69) is 24.0 Å². The van der Waals surface area contributed by atoms with Crippen LogP contribution in [-0.2, 0) is 6.42 Å². The fraction of sp³-hybridized carbons (Fsp3) is 0.200. The molecular formula is C25H26ClNO2. The first kappa shape index (κ1) is 22.4. The lowest BCUT2D eigenvalue weighted by molar-refractivity contribution is 0.0697. The number of halogens is 1. The van der Waals surface area contributed by atoms with Gasteiger partial charge in [0.1, 0.15) is 0 Å². The Kier molecular flexibility index (Phi) is 8.63. The zero-order valence-corrected chi connectivity index (χ0v) is 17.8. The van der Waals surface area contributed by atoms with Crippen LogP contribution in [0, 0.1) is 6.92 Å². The summed E-state index contributed by atoms with van der Waals surface area (Å²) in [6, 6.07) is 22.7. The van der Waals surface area contributed by atoms with Crippen molar-refractivity contribution in [3.8, 4) is 0 Å². The molecule has 0 aromatic heterocycles. The second kappa shape index (κ2) is 11.2. The topological polar surface area (TPSA) is 49.7 Å². The summed E-state index contributed by atoms with van der Waals surface area (Å²) >= 11 is 5.71. The summed E-state index contributed by atoms with van der Waals surface area (Å²) in [5.41, 5.74) is 5.27. The van der Waals surface area contributed by atoms with E-state index in [0.717, 1.165) is 34.0 Å². The minimum absolute atomic E-state index is 0.275. The molecule has 29 heavy (non-hydrogen) atoms. The van der Waals surface area contributed by atoms with Crippen molar-refractivity contribution < 1.29 is 9.90 Å². The Morgan fingerprint density at radius 2 is 1.62 bits per heavy atom. The van der Waals surface area contributed by atoms with E-state index in [0.29, 0.717) is 0 Å². The van der Waals surface area contributed by atoms with Gasteiger partial charge in [-0.05, 0) is 67.3 Å². The van der Waals surface area contributed by atoms with Crippen LogP contribution in [0.15, 0.2) is 77.8 Å². The van der Waals surface area contributed by atoms with Crippen molar-refractivity contribution in [2.75, 3.05) is 0 Å². The normalized spacial score (nSPS) is 10.8. The molecule has 0 saturated heterocycles. The molecule has 3 rings (SSSR count). The molecule has 0 atom stereocenters. The van der Waals surface area contributed by atoms with Crippen LogP contribution in [0.25, 0.3) is 0 Å². The van der Waals surface area contributed by atoms with Gasteiger partial charge in [-0.25, -0.2) is 4.79 Å². The van der Waals surface area contributed by atoms with Crippen molar-refractivity contribution in [3.05, 3.63) is 100 Å². The van der Waals surface area contributed by atoms with Crippen LogP contribution in [0.3, 0.4) is 0 Å². The molecule has 1 N–H and O–H groups in total. The average molecular weight is 408 g/mol. The second-order valence-electron chi connectivity index (χ2n) is 6.75. The highest BCUT2D eigenvalue weighted by Crippen LogP contribution is 2.19. The molecule has 0 spiro atoms. The fourth-order valence-corrected chi connectivity index (χ4v) is 2.88. The Morgan fingerprint density at radius 3 is 2.24 bits per heavy atom. The third-order valence-corrected chi connectivity index (χ3v) is 4.63. The quantitative estimate of drug-likeness (QED) is 0.457. The molecule has 0 amide bonds. The van der Waals surface area contributed by atoms with E-state index < -0.39 is 5.97 Å². The number of aryl methyl sites for hydroxylation is 2. The Hall–Kier alpha value is -2.91. The van der Waals surface area contributed by atoms with Gasteiger partial charge in [0.15, 0.2) is 0 Å². The van der Waals surface area contributed by atoms with E-state index in [1.807, 2.05) is 56.3 Å². The number of carboxylic acid groups (broad SMARTS) is 1. The minimum atomic E-state index is -0.925. The standard InChI is InChI=1S/C16H15NO2.C9H11Cl/c1-11-6-3-4-9-15(11)17-12(2)13-7-5-8-14(10-13)16(18)19;1-2-3-8-4-6-9(10)7-5-8/h3-10H,1-2H3,(H,18,19);4-7H,2-3H2,1H3. The molecule has 3 aromatic carbocycles. The summed E-state index contributed by atoms with van der Waals surface area (Å²) in [5, 5.41) is 9.80. The van der Waals surface area contributed by atoms with Gasteiger partial charge in [0, 0.05) is 10.7 Å². The molecule has 150 valence electrons. The van der Waals surface area contributed by atoms with Crippen molar-refractivity contribution >= 4 is 29.0 Å². The van der Waals surface area contributed by atoms with Gasteiger partial charge in [-0.15, -0.1) is 0 Å². The van der Waals surface area contributed by atoms with Crippen molar-refractivity contribution in [1.29, 1.82) is 0 Å². The average Bonchev–Trinajstić information content (AvgIpc) is 2.72. The predicted molar refractivity (Wildman–Crippen MR) is 122 cm³/mol. The molecule has 0 aliphatic heterocycles. The van der Waals surface area contributed by atoms with Gasteiger partial charge in [-0.3, -0.25) is 4.99 Å².